The molecule has 0 bridgehead atoms. The number of hydrogen-bond donors (Lipinski definition) is 20. The predicted octanol–water partition coefficient (Wildman–Crippen LogP) is -8.22. The fourth-order valence-electron chi connectivity index (χ4n) is 5.87. The smallest absolute Gasteiger partial charge is 0.480 e. The van der Waals surface area contributed by atoms with Crippen LogP contribution in [0.1, 0.15) is 77.0 Å². The minimum absolute atomic E-state index is 0.00111. The minimum Gasteiger partial charge on any atom is -0.480 e. The molecule has 0 aliphatic heterocycles. The summed E-state index contributed by atoms with van der Waals surface area (Å²) in [4.78, 5) is 113. The number of carboxylic acid groups (broad SMARTS) is 2. The highest BCUT2D eigenvalue weighted by Crippen LogP contribution is 2.13. The van der Waals surface area contributed by atoms with Crippen LogP contribution in [0.4, 0.5) is 13.2 Å². The Labute approximate surface area is 423 Å². The van der Waals surface area contributed by atoms with E-state index < -0.39 is 83.9 Å². The highest BCUT2D eigenvalue weighted by atomic mass is 19.4. The largest absolute Gasteiger partial charge is 0.490 e. The monoisotopic (exact) mass is 1070 g/mol. The lowest BCUT2D eigenvalue weighted by Crippen LogP contribution is -2.59. The van der Waals surface area contributed by atoms with E-state index in [-0.39, 0.29) is 146 Å². The Morgan fingerprint density at radius 3 is 0.757 bits per heavy atom. The summed E-state index contributed by atoms with van der Waals surface area (Å²) in [6.45, 7) is 0.500. The maximum atomic E-state index is 14.2. The van der Waals surface area contributed by atoms with Crippen LogP contribution in [0.25, 0.3) is 0 Å². The van der Waals surface area contributed by atoms with Gasteiger partial charge in [-0.2, -0.15) is 13.2 Å². The number of rotatable bonds is 35. The van der Waals surface area contributed by atoms with Crippen molar-refractivity contribution in [2.75, 3.05) is 39.3 Å². The fourth-order valence-corrected chi connectivity index (χ4v) is 5.87. The van der Waals surface area contributed by atoms with E-state index in [9.17, 15) is 47.0 Å². The summed E-state index contributed by atoms with van der Waals surface area (Å²) < 4.78 is 31.7. The molecule has 74 heavy (non-hydrogen) atoms. The van der Waals surface area contributed by atoms with Crippen molar-refractivity contribution in [2.24, 2.45) is 104 Å². The first-order chi connectivity index (χ1) is 34.5. The van der Waals surface area contributed by atoms with Gasteiger partial charge in [-0.1, -0.05) is 0 Å². The standard InChI is InChI=1S/C36H74N24O7.C2HF3O2/c37-19(7-1-13-50-31(38)39)25(61)56-20(8-2-14-51-32(40)41)26(62)57-21(9-3-15-52-33(42)43)27(63)58-22(10-4-16-53-34(44)45)28(64)59-23(11-5-17-54-35(46)47)29(65)60-24(30(66)67)12-6-18-55-36(48)49;3-2(4,5)1(6)7/h19-24H,1-18,37H2,(H,56,61)(H,57,62)(H,58,63)(H,59,64)(H,60,65)(H,66,67)(H4,38,39,50)(H4,40,41,51)(H4,42,43,52)(H4,44,45,53)(H4,46,47,54)(H4,48,49,55);(H,6,7)/t19-,20-,21-,22-,23-,24-;/m0./s1. The Bertz CT molecular complexity index is 1960. The Balaban J connectivity index is 0. The van der Waals surface area contributed by atoms with Crippen molar-refractivity contribution in [1.29, 1.82) is 0 Å². The van der Waals surface area contributed by atoms with E-state index in [4.69, 9.17) is 84.4 Å². The third kappa shape index (κ3) is 35.7. The lowest BCUT2D eigenvalue weighted by molar-refractivity contribution is -0.192. The van der Waals surface area contributed by atoms with Crippen LogP contribution < -0.4 is 101 Å². The third-order valence-corrected chi connectivity index (χ3v) is 9.42. The molecule has 0 radical (unpaired) electrons. The molecule has 0 rings (SSSR count). The van der Waals surface area contributed by atoms with Gasteiger partial charge in [0.2, 0.25) is 29.5 Å². The van der Waals surface area contributed by atoms with E-state index in [1.165, 1.54) is 0 Å². The number of halogens is 3. The van der Waals surface area contributed by atoms with Gasteiger partial charge in [0.15, 0.2) is 35.8 Å². The normalized spacial score (nSPS) is 13.0. The number of alkyl halides is 3. The molecule has 36 heteroatoms. The van der Waals surface area contributed by atoms with E-state index in [2.05, 4.69) is 56.5 Å². The molecule has 0 aromatic rings. The van der Waals surface area contributed by atoms with Gasteiger partial charge < -0.3 is 111 Å². The lowest BCUT2D eigenvalue weighted by atomic mass is 10.0. The molecule has 33 N–H and O–H groups in total. The molecule has 0 saturated heterocycles. The molecule has 0 aromatic carbocycles. The number of nitrogens with zero attached hydrogens (tertiary/aromatic N) is 6. The second-order valence-corrected chi connectivity index (χ2v) is 15.7. The highest BCUT2D eigenvalue weighted by Gasteiger charge is 2.38. The first kappa shape index (κ1) is 67.7. The summed E-state index contributed by atoms with van der Waals surface area (Å²) in [5.74, 6) is -9.41. The van der Waals surface area contributed by atoms with E-state index in [1.807, 2.05) is 0 Å². The number of carbonyl (C=O) groups is 7. The molecule has 0 aromatic heterocycles. The van der Waals surface area contributed by atoms with Gasteiger partial charge >= 0.3 is 18.1 Å². The van der Waals surface area contributed by atoms with Crippen molar-refractivity contribution in [2.45, 2.75) is 119 Å². The number of nitrogens with one attached hydrogen (secondary N) is 5. The van der Waals surface area contributed by atoms with Gasteiger partial charge in [0.25, 0.3) is 0 Å². The van der Waals surface area contributed by atoms with Gasteiger partial charge in [0, 0.05) is 39.3 Å². The van der Waals surface area contributed by atoms with Gasteiger partial charge in [-0.05, 0) is 77.0 Å². The first-order valence-corrected chi connectivity index (χ1v) is 22.6. The van der Waals surface area contributed by atoms with Gasteiger partial charge in [-0.3, -0.25) is 53.9 Å². The van der Waals surface area contributed by atoms with Gasteiger partial charge in [0.05, 0.1) is 6.04 Å². The number of carbonyl (C=O) groups excluding carboxylic acids is 5. The number of aliphatic imine (C=N–C) groups is 6. The zero-order valence-corrected chi connectivity index (χ0v) is 40.8. The van der Waals surface area contributed by atoms with Crippen LogP contribution in [0.3, 0.4) is 0 Å². The van der Waals surface area contributed by atoms with Gasteiger partial charge in [-0.25, -0.2) is 9.59 Å². The van der Waals surface area contributed by atoms with Gasteiger partial charge in [0.1, 0.15) is 30.2 Å². The van der Waals surface area contributed by atoms with Crippen molar-refractivity contribution in [3.63, 3.8) is 0 Å². The van der Waals surface area contributed by atoms with Crippen LogP contribution in [0.5, 0.6) is 0 Å². The summed E-state index contributed by atoms with van der Waals surface area (Å²) in [6.07, 6.45) is -4.08. The Morgan fingerprint density at radius 2 is 0.554 bits per heavy atom. The summed E-state index contributed by atoms with van der Waals surface area (Å²) in [7, 11) is 0. The van der Waals surface area contributed by atoms with Crippen molar-refractivity contribution in [3.8, 4) is 0 Å². The van der Waals surface area contributed by atoms with Crippen molar-refractivity contribution >= 4 is 77.2 Å². The Morgan fingerprint density at radius 1 is 0.365 bits per heavy atom. The molecule has 0 fully saturated rings. The maximum Gasteiger partial charge on any atom is 0.490 e. The summed E-state index contributed by atoms with van der Waals surface area (Å²) in [5.41, 5.74) is 71.2. The quantitative estimate of drug-likeness (QED) is 0.0159. The van der Waals surface area contributed by atoms with E-state index in [0.717, 1.165) is 0 Å². The fraction of sp³-hybridized carbons (Fsp3) is 0.658. The van der Waals surface area contributed by atoms with Crippen LogP contribution in [0.2, 0.25) is 0 Å². The summed E-state index contributed by atoms with van der Waals surface area (Å²) in [6, 6.07) is -7.85. The zero-order valence-electron chi connectivity index (χ0n) is 40.8. The minimum atomic E-state index is -5.08. The molecular weight excluding hydrogens is 994 g/mol. The number of aliphatic carboxylic acids is 2. The maximum absolute atomic E-state index is 14.2. The highest BCUT2D eigenvalue weighted by molar-refractivity contribution is 5.96. The molecule has 0 saturated carbocycles. The van der Waals surface area contributed by atoms with Crippen LogP contribution in [-0.2, 0) is 33.6 Å². The van der Waals surface area contributed by atoms with Gasteiger partial charge in [-0.15, -0.1) is 0 Å². The second-order valence-electron chi connectivity index (χ2n) is 15.7. The number of amides is 5. The average Bonchev–Trinajstić information content (AvgIpc) is 3.28. The average molecular weight is 1070 g/mol. The number of nitrogens with two attached hydrogens (primary N) is 13. The van der Waals surface area contributed by atoms with Crippen LogP contribution in [-0.4, -0.2) is 169 Å². The molecule has 0 aliphatic carbocycles. The van der Waals surface area contributed by atoms with E-state index in [0.29, 0.717) is 6.42 Å². The zero-order chi connectivity index (χ0) is 57.0. The van der Waals surface area contributed by atoms with Crippen molar-refractivity contribution in [3.05, 3.63) is 0 Å². The van der Waals surface area contributed by atoms with Crippen LogP contribution >= 0.6 is 0 Å². The molecular formula is C38H75F3N24O9. The van der Waals surface area contributed by atoms with Crippen molar-refractivity contribution < 1.29 is 56.9 Å². The van der Waals surface area contributed by atoms with E-state index >= 15 is 0 Å². The molecule has 0 unspecified atom stereocenters. The lowest BCUT2D eigenvalue weighted by Gasteiger charge is -2.27. The Kier molecular flexibility index (Phi) is 34.3. The third-order valence-electron chi connectivity index (χ3n) is 9.42. The topological polar surface area (TPSA) is 633 Å². The molecule has 33 nitrogen and oxygen atoms in total. The molecule has 0 heterocycles. The number of carboxylic acids is 2. The molecule has 0 spiro atoms. The second kappa shape index (κ2) is 37.4. The molecule has 0 aliphatic rings. The number of guanidine groups is 6. The summed E-state index contributed by atoms with van der Waals surface area (Å²) in [5, 5.41) is 29.9. The van der Waals surface area contributed by atoms with E-state index in [1.54, 1.807) is 0 Å². The predicted molar refractivity (Wildman–Crippen MR) is 268 cm³/mol. The van der Waals surface area contributed by atoms with Crippen molar-refractivity contribution in [1.82, 2.24) is 26.6 Å². The molecule has 5 amide bonds. The SMILES string of the molecule is NC(N)=NCCC[C@H](NC(=O)[C@H](CCCN=C(N)N)NC(=O)[C@H](CCCN=C(N)N)NC(=O)[C@H](CCCN=C(N)N)NC(=O)[C@H](CCCN=C(N)N)NC(=O)[C@@H](N)CCCN=C(N)N)C(=O)O.O=C(O)C(F)(F)F. The van der Waals surface area contributed by atoms with Crippen LogP contribution in [0.15, 0.2) is 30.0 Å². The number of hydrogen-bond acceptors (Lipinski definition) is 14. The molecule has 422 valence electrons. The Hall–Kier alpha value is -8.34. The summed E-state index contributed by atoms with van der Waals surface area (Å²) >= 11 is 0. The molecule has 6 atom stereocenters. The first-order valence-electron chi connectivity index (χ1n) is 22.6. The van der Waals surface area contributed by atoms with Crippen LogP contribution in [0, 0.1) is 0 Å².